The molecular formula is C9H10N2O4. The monoisotopic (exact) mass is 210 g/mol. The van der Waals surface area contributed by atoms with Crippen LogP contribution in [0.1, 0.15) is 33.3 Å². The number of aryl methyl sites for hydroxylation is 1. The Labute approximate surface area is 85.4 Å². The van der Waals surface area contributed by atoms with Gasteiger partial charge in [0.15, 0.2) is 5.69 Å². The van der Waals surface area contributed by atoms with Gasteiger partial charge in [-0.3, -0.25) is 0 Å². The van der Waals surface area contributed by atoms with Crippen LogP contribution in [0.5, 0.6) is 0 Å². The van der Waals surface area contributed by atoms with Gasteiger partial charge in [0.25, 0.3) is 0 Å². The lowest BCUT2D eigenvalue weighted by Crippen LogP contribution is -2.15. The molecule has 6 nitrogen and oxygen atoms in total. The lowest BCUT2D eigenvalue weighted by molar-refractivity contribution is 0.0647. The normalized spacial score (nSPS) is 9.93. The Balaban J connectivity index is 3.51. The highest BCUT2D eigenvalue weighted by atomic mass is 16.4. The minimum absolute atomic E-state index is 0.0302. The number of hydrogen-bond acceptors (Lipinski definition) is 4. The van der Waals surface area contributed by atoms with Gasteiger partial charge in [0.05, 0.1) is 5.69 Å². The average molecular weight is 210 g/mol. The zero-order valence-electron chi connectivity index (χ0n) is 8.02. The molecule has 15 heavy (non-hydrogen) atoms. The lowest BCUT2D eigenvalue weighted by atomic mass is 10.1. The molecule has 1 aromatic heterocycles. The summed E-state index contributed by atoms with van der Waals surface area (Å²) in [6.45, 7) is 1.78. The molecule has 0 saturated heterocycles. The molecule has 0 amide bonds. The summed E-state index contributed by atoms with van der Waals surface area (Å²) in [6, 6.07) is 0. The molecule has 0 spiro atoms. The number of carboxylic acid groups (broad SMARTS) is 2. The van der Waals surface area contributed by atoms with E-state index >= 15 is 0 Å². The van der Waals surface area contributed by atoms with Crippen LogP contribution in [0.25, 0.3) is 0 Å². The largest absolute Gasteiger partial charge is 0.478 e. The minimum Gasteiger partial charge on any atom is -0.478 e. The van der Waals surface area contributed by atoms with Gasteiger partial charge in [-0.15, -0.1) is 0 Å². The third-order valence-corrected chi connectivity index (χ3v) is 2.00. The average Bonchev–Trinajstić information content (AvgIpc) is 2.16. The number of anilines is 1. The fourth-order valence-electron chi connectivity index (χ4n) is 1.23. The maximum atomic E-state index is 10.8. The van der Waals surface area contributed by atoms with Gasteiger partial charge < -0.3 is 15.9 Å². The quantitative estimate of drug-likeness (QED) is 0.673. The van der Waals surface area contributed by atoms with Crippen molar-refractivity contribution in [3.8, 4) is 0 Å². The summed E-state index contributed by atoms with van der Waals surface area (Å²) in [6.07, 6.45) is 1.78. The maximum absolute atomic E-state index is 10.8. The van der Waals surface area contributed by atoms with Crippen molar-refractivity contribution in [3.63, 3.8) is 0 Å². The summed E-state index contributed by atoms with van der Waals surface area (Å²) < 4.78 is 0. The molecule has 4 N–H and O–H groups in total. The molecule has 0 radical (unpaired) electrons. The first-order chi connectivity index (χ1) is 6.99. The highest BCUT2D eigenvalue weighted by Crippen LogP contribution is 2.20. The fraction of sp³-hybridized carbons (Fsp3) is 0.222. The van der Waals surface area contributed by atoms with Crippen LogP contribution in [0.4, 0.5) is 5.69 Å². The van der Waals surface area contributed by atoms with Gasteiger partial charge in [-0.2, -0.15) is 0 Å². The van der Waals surface area contributed by atoms with Crippen LogP contribution in [0, 0.1) is 0 Å². The third-order valence-electron chi connectivity index (χ3n) is 2.00. The molecule has 0 bridgehead atoms. The van der Waals surface area contributed by atoms with Crippen molar-refractivity contribution in [3.05, 3.63) is 23.0 Å². The van der Waals surface area contributed by atoms with Crippen molar-refractivity contribution >= 4 is 17.6 Å². The van der Waals surface area contributed by atoms with Crippen LogP contribution in [0.3, 0.4) is 0 Å². The van der Waals surface area contributed by atoms with E-state index in [2.05, 4.69) is 4.98 Å². The zero-order valence-corrected chi connectivity index (χ0v) is 8.02. The summed E-state index contributed by atoms with van der Waals surface area (Å²) >= 11 is 0. The molecule has 1 rings (SSSR count). The Hall–Kier alpha value is -2.11. The summed E-state index contributed by atoms with van der Waals surface area (Å²) in [7, 11) is 0. The van der Waals surface area contributed by atoms with Gasteiger partial charge in [0, 0.05) is 6.20 Å². The van der Waals surface area contributed by atoms with E-state index in [9.17, 15) is 9.59 Å². The summed E-state index contributed by atoms with van der Waals surface area (Å²) in [5.41, 5.74) is 5.07. The Morgan fingerprint density at radius 1 is 1.40 bits per heavy atom. The molecule has 80 valence electrons. The number of carboxylic acids is 2. The highest BCUT2D eigenvalue weighted by Gasteiger charge is 2.22. The van der Waals surface area contributed by atoms with E-state index in [1.807, 2.05) is 0 Å². The predicted molar refractivity (Wildman–Crippen MR) is 51.9 cm³/mol. The van der Waals surface area contributed by atoms with Crippen molar-refractivity contribution in [2.75, 3.05) is 5.73 Å². The first-order valence-electron chi connectivity index (χ1n) is 4.23. The van der Waals surface area contributed by atoms with E-state index in [0.717, 1.165) is 0 Å². The van der Waals surface area contributed by atoms with E-state index in [1.165, 1.54) is 6.20 Å². The Morgan fingerprint density at radius 3 is 2.40 bits per heavy atom. The third kappa shape index (κ3) is 1.88. The molecular weight excluding hydrogens is 200 g/mol. The van der Waals surface area contributed by atoms with Crippen LogP contribution in [0.2, 0.25) is 0 Å². The van der Waals surface area contributed by atoms with Crippen molar-refractivity contribution in [2.45, 2.75) is 13.3 Å². The molecule has 1 aromatic rings. The molecule has 0 aliphatic heterocycles. The number of nitrogens with two attached hydrogens (primary N) is 1. The zero-order chi connectivity index (χ0) is 11.6. The summed E-state index contributed by atoms with van der Waals surface area (Å²) in [5.74, 6) is -2.78. The van der Waals surface area contributed by atoms with Crippen LogP contribution >= 0.6 is 0 Å². The Kier molecular flexibility index (Phi) is 2.89. The van der Waals surface area contributed by atoms with Gasteiger partial charge in [-0.1, -0.05) is 6.92 Å². The van der Waals surface area contributed by atoms with Gasteiger partial charge in [-0.25, -0.2) is 14.6 Å². The molecule has 6 heteroatoms. The molecule has 0 aromatic carbocycles. The second kappa shape index (κ2) is 3.95. The minimum atomic E-state index is -1.40. The van der Waals surface area contributed by atoms with E-state index in [1.54, 1.807) is 6.92 Å². The standard InChI is InChI=1S/C9H10N2O4/c1-2-4-3-11-7(9(14)15)5(6(4)10)8(12)13/h3H,2H2,1H3,(H2,10,11)(H,12,13)(H,14,15). The van der Waals surface area contributed by atoms with Gasteiger partial charge in [-0.05, 0) is 12.0 Å². The Bertz CT molecular complexity index is 428. The lowest BCUT2D eigenvalue weighted by Gasteiger charge is -2.08. The van der Waals surface area contributed by atoms with E-state index in [0.29, 0.717) is 12.0 Å². The number of aromatic nitrogens is 1. The van der Waals surface area contributed by atoms with Crippen LogP contribution in [-0.4, -0.2) is 27.1 Å². The van der Waals surface area contributed by atoms with E-state index in [4.69, 9.17) is 15.9 Å². The van der Waals surface area contributed by atoms with E-state index < -0.39 is 23.2 Å². The predicted octanol–water partition coefficient (Wildman–Crippen LogP) is 0.623. The highest BCUT2D eigenvalue weighted by molar-refractivity contribution is 6.04. The van der Waals surface area contributed by atoms with Crippen molar-refractivity contribution in [1.29, 1.82) is 0 Å². The molecule has 0 saturated carbocycles. The number of nitrogens with zero attached hydrogens (tertiary/aromatic N) is 1. The number of pyridine rings is 1. The second-order valence-corrected chi connectivity index (χ2v) is 2.88. The van der Waals surface area contributed by atoms with Crippen LogP contribution in [0.15, 0.2) is 6.20 Å². The Morgan fingerprint density at radius 2 is 2.00 bits per heavy atom. The van der Waals surface area contributed by atoms with Crippen LogP contribution < -0.4 is 5.73 Å². The van der Waals surface area contributed by atoms with Gasteiger partial charge in [0.2, 0.25) is 0 Å². The maximum Gasteiger partial charge on any atom is 0.355 e. The summed E-state index contributed by atoms with van der Waals surface area (Å²) in [4.78, 5) is 25.1. The SMILES string of the molecule is CCc1cnc(C(=O)O)c(C(=O)O)c1N. The smallest absolute Gasteiger partial charge is 0.355 e. The molecule has 0 fully saturated rings. The fourth-order valence-corrected chi connectivity index (χ4v) is 1.23. The molecule has 1 heterocycles. The number of rotatable bonds is 3. The van der Waals surface area contributed by atoms with Crippen LogP contribution in [-0.2, 0) is 6.42 Å². The topological polar surface area (TPSA) is 114 Å². The second-order valence-electron chi connectivity index (χ2n) is 2.88. The number of hydrogen-bond donors (Lipinski definition) is 3. The number of aromatic carboxylic acids is 2. The molecule has 0 atom stereocenters. The summed E-state index contributed by atoms with van der Waals surface area (Å²) in [5, 5.41) is 17.6. The van der Waals surface area contributed by atoms with Crippen molar-refractivity contribution < 1.29 is 19.8 Å². The molecule has 0 unspecified atom stereocenters. The van der Waals surface area contributed by atoms with Crippen molar-refractivity contribution in [1.82, 2.24) is 4.98 Å². The first kappa shape index (κ1) is 11.0. The molecule has 0 aliphatic rings. The first-order valence-corrected chi connectivity index (χ1v) is 4.23. The van der Waals surface area contributed by atoms with Crippen molar-refractivity contribution in [2.24, 2.45) is 0 Å². The van der Waals surface area contributed by atoms with E-state index in [-0.39, 0.29) is 5.69 Å². The molecule has 0 aliphatic carbocycles. The van der Waals surface area contributed by atoms with Gasteiger partial charge in [0.1, 0.15) is 5.56 Å². The number of carbonyl (C=O) groups is 2. The van der Waals surface area contributed by atoms with Gasteiger partial charge >= 0.3 is 11.9 Å². The number of nitrogen functional groups attached to an aromatic ring is 1.